The van der Waals surface area contributed by atoms with Crippen LogP contribution in [0.15, 0.2) is 16.6 Å². The van der Waals surface area contributed by atoms with Crippen molar-refractivity contribution in [3.05, 3.63) is 22.4 Å². The molecule has 0 unspecified atom stereocenters. The van der Waals surface area contributed by atoms with E-state index in [-0.39, 0.29) is 5.82 Å². The molecule has 6 heteroatoms. The molecule has 0 fully saturated rings. The van der Waals surface area contributed by atoms with Crippen molar-refractivity contribution in [2.45, 2.75) is 13.0 Å². The van der Waals surface area contributed by atoms with E-state index >= 15 is 0 Å². The Morgan fingerprint density at radius 2 is 2.29 bits per heavy atom. The molecule has 0 atom stereocenters. The summed E-state index contributed by atoms with van der Waals surface area (Å²) >= 11 is 3.13. The molecule has 2 aromatic rings. The molecule has 0 saturated carbocycles. The Balaban J connectivity index is 2.40. The lowest BCUT2D eigenvalue weighted by Crippen LogP contribution is -2.05. The summed E-state index contributed by atoms with van der Waals surface area (Å²) in [7, 11) is 1.64. The van der Waals surface area contributed by atoms with Gasteiger partial charge in [0, 0.05) is 26.3 Å². The van der Waals surface area contributed by atoms with Crippen LogP contribution in [0, 0.1) is 5.82 Å². The maximum absolute atomic E-state index is 13.5. The summed E-state index contributed by atoms with van der Waals surface area (Å²) in [6.45, 7) is 1.30. The fourth-order valence-electron chi connectivity index (χ4n) is 1.74. The van der Waals surface area contributed by atoms with Crippen LogP contribution in [0.2, 0.25) is 0 Å². The Labute approximate surface area is 107 Å². The third kappa shape index (κ3) is 2.42. The molecule has 1 aromatic heterocycles. The van der Waals surface area contributed by atoms with E-state index in [4.69, 9.17) is 10.5 Å². The summed E-state index contributed by atoms with van der Waals surface area (Å²) in [5, 5.41) is 0. The summed E-state index contributed by atoms with van der Waals surface area (Å²) in [4.78, 5) is 4.20. The van der Waals surface area contributed by atoms with Gasteiger partial charge in [0.1, 0.15) is 5.82 Å². The highest BCUT2D eigenvalue weighted by molar-refractivity contribution is 9.10. The monoisotopic (exact) mass is 301 g/mol. The summed E-state index contributed by atoms with van der Waals surface area (Å²) in [6, 6.07) is 3.07. The number of benzene rings is 1. The van der Waals surface area contributed by atoms with E-state index in [9.17, 15) is 4.39 Å². The van der Waals surface area contributed by atoms with Crippen molar-refractivity contribution >= 4 is 32.9 Å². The van der Waals surface area contributed by atoms with E-state index < -0.39 is 0 Å². The highest BCUT2D eigenvalue weighted by Gasteiger charge is 2.11. The minimum absolute atomic E-state index is 0.314. The van der Waals surface area contributed by atoms with Crippen LogP contribution in [-0.4, -0.2) is 23.3 Å². The molecule has 0 saturated heterocycles. The third-order valence-corrected chi connectivity index (χ3v) is 3.16. The van der Waals surface area contributed by atoms with Gasteiger partial charge in [-0.1, -0.05) is 0 Å². The van der Waals surface area contributed by atoms with Gasteiger partial charge in [-0.05, 0) is 28.4 Å². The van der Waals surface area contributed by atoms with Gasteiger partial charge in [0.05, 0.1) is 15.5 Å². The summed E-state index contributed by atoms with van der Waals surface area (Å²) in [5.41, 5.74) is 7.20. The molecular weight excluding hydrogens is 289 g/mol. The Bertz CT molecular complexity index is 541. The first kappa shape index (κ1) is 12.3. The lowest BCUT2D eigenvalue weighted by Gasteiger charge is -2.06. The lowest BCUT2D eigenvalue weighted by molar-refractivity contribution is 0.191. The van der Waals surface area contributed by atoms with E-state index in [2.05, 4.69) is 20.9 Å². The normalized spacial score (nSPS) is 11.2. The number of rotatable bonds is 4. The van der Waals surface area contributed by atoms with Gasteiger partial charge in [-0.25, -0.2) is 9.37 Å². The highest BCUT2D eigenvalue weighted by atomic mass is 79.9. The number of methoxy groups -OCH3 is 1. The van der Waals surface area contributed by atoms with Gasteiger partial charge in [-0.2, -0.15) is 0 Å². The number of aryl methyl sites for hydroxylation is 1. The van der Waals surface area contributed by atoms with Crippen LogP contribution in [0.1, 0.15) is 6.42 Å². The summed E-state index contributed by atoms with van der Waals surface area (Å²) in [5.74, 6) is 0.0824. The Morgan fingerprint density at radius 3 is 3.00 bits per heavy atom. The van der Waals surface area contributed by atoms with Crippen molar-refractivity contribution in [1.82, 2.24) is 9.55 Å². The lowest BCUT2D eigenvalue weighted by atomic mass is 10.3. The number of hydrogen-bond donors (Lipinski definition) is 1. The number of nitrogens with zero attached hydrogens (tertiary/aromatic N) is 2. The number of anilines is 1. The molecule has 2 N–H and O–H groups in total. The molecular formula is C11H13BrFN3O. The standard InChI is InChI=1S/C11H13BrFN3O/c1-17-4-2-3-16-10-6-8(13)7(12)5-9(10)15-11(16)14/h5-6H,2-4H2,1H3,(H2,14,15). The van der Waals surface area contributed by atoms with Gasteiger partial charge in [0.2, 0.25) is 5.95 Å². The second-order valence-corrected chi connectivity index (χ2v) is 4.58. The summed E-state index contributed by atoms with van der Waals surface area (Å²) in [6.07, 6.45) is 0.809. The number of ether oxygens (including phenoxy) is 1. The van der Waals surface area contributed by atoms with Crippen molar-refractivity contribution in [2.24, 2.45) is 0 Å². The second kappa shape index (κ2) is 5.01. The average Bonchev–Trinajstić information content (AvgIpc) is 2.57. The molecule has 92 valence electrons. The van der Waals surface area contributed by atoms with E-state index in [1.54, 1.807) is 17.7 Å². The van der Waals surface area contributed by atoms with Crippen molar-refractivity contribution < 1.29 is 9.13 Å². The Hall–Kier alpha value is -1.14. The second-order valence-electron chi connectivity index (χ2n) is 3.72. The number of nitrogens with two attached hydrogens (primary N) is 1. The first-order valence-corrected chi connectivity index (χ1v) is 6.02. The first-order chi connectivity index (χ1) is 8.13. The molecule has 1 aromatic carbocycles. The minimum Gasteiger partial charge on any atom is -0.385 e. The molecule has 0 radical (unpaired) electrons. The molecule has 1 heterocycles. The molecule has 4 nitrogen and oxygen atoms in total. The molecule has 0 spiro atoms. The number of nitrogen functional groups attached to an aromatic ring is 1. The fraction of sp³-hybridized carbons (Fsp3) is 0.364. The zero-order valence-corrected chi connectivity index (χ0v) is 11.0. The van der Waals surface area contributed by atoms with Gasteiger partial charge < -0.3 is 15.0 Å². The Morgan fingerprint density at radius 1 is 1.53 bits per heavy atom. The average molecular weight is 302 g/mol. The SMILES string of the molecule is COCCCn1c(N)nc2cc(Br)c(F)cc21. The van der Waals surface area contributed by atoms with Crippen LogP contribution in [0.25, 0.3) is 11.0 Å². The van der Waals surface area contributed by atoms with Crippen molar-refractivity contribution in [2.75, 3.05) is 19.5 Å². The minimum atomic E-state index is -0.314. The van der Waals surface area contributed by atoms with Crippen LogP contribution in [-0.2, 0) is 11.3 Å². The molecule has 2 rings (SSSR count). The van der Waals surface area contributed by atoms with Crippen LogP contribution >= 0.6 is 15.9 Å². The largest absolute Gasteiger partial charge is 0.385 e. The van der Waals surface area contributed by atoms with Gasteiger partial charge in [0.15, 0.2) is 0 Å². The maximum Gasteiger partial charge on any atom is 0.201 e. The number of fused-ring (bicyclic) bond motifs is 1. The number of hydrogen-bond acceptors (Lipinski definition) is 3. The van der Waals surface area contributed by atoms with Gasteiger partial charge in [-0.3, -0.25) is 0 Å². The topological polar surface area (TPSA) is 53.1 Å². The van der Waals surface area contributed by atoms with Crippen LogP contribution in [0.4, 0.5) is 10.3 Å². The number of imidazole rings is 1. The van der Waals surface area contributed by atoms with Crippen molar-refractivity contribution in [1.29, 1.82) is 0 Å². The molecule has 0 aliphatic rings. The van der Waals surface area contributed by atoms with E-state index in [0.29, 0.717) is 34.6 Å². The van der Waals surface area contributed by atoms with Crippen LogP contribution in [0.5, 0.6) is 0 Å². The van der Waals surface area contributed by atoms with Crippen molar-refractivity contribution in [3.63, 3.8) is 0 Å². The zero-order chi connectivity index (χ0) is 12.4. The zero-order valence-electron chi connectivity index (χ0n) is 9.41. The third-order valence-electron chi connectivity index (χ3n) is 2.55. The predicted molar refractivity (Wildman–Crippen MR) is 68.3 cm³/mol. The smallest absolute Gasteiger partial charge is 0.201 e. The van der Waals surface area contributed by atoms with Gasteiger partial charge in [-0.15, -0.1) is 0 Å². The molecule has 0 amide bonds. The van der Waals surface area contributed by atoms with Gasteiger partial charge >= 0.3 is 0 Å². The van der Waals surface area contributed by atoms with E-state index in [0.717, 1.165) is 6.42 Å². The molecule has 0 aliphatic heterocycles. The summed E-state index contributed by atoms with van der Waals surface area (Å²) < 4.78 is 20.6. The van der Waals surface area contributed by atoms with Crippen molar-refractivity contribution in [3.8, 4) is 0 Å². The highest BCUT2D eigenvalue weighted by Crippen LogP contribution is 2.25. The number of halogens is 2. The molecule has 0 bridgehead atoms. The van der Waals surface area contributed by atoms with E-state index in [1.807, 2.05) is 0 Å². The maximum atomic E-state index is 13.5. The quantitative estimate of drug-likeness (QED) is 0.883. The van der Waals surface area contributed by atoms with Gasteiger partial charge in [0.25, 0.3) is 0 Å². The molecule has 0 aliphatic carbocycles. The predicted octanol–water partition coefficient (Wildman–Crippen LogP) is 2.56. The number of aromatic nitrogens is 2. The fourth-order valence-corrected chi connectivity index (χ4v) is 2.07. The first-order valence-electron chi connectivity index (χ1n) is 5.23. The van der Waals surface area contributed by atoms with E-state index in [1.165, 1.54) is 6.07 Å². The molecule has 17 heavy (non-hydrogen) atoms. The Kier molecular flexibility index (Phi) is 3.63. The van der Waals surface area contributed by atoms with Crippen LogP contribution < -0.4 is 5.73 Å². The van der Waals surface area contributed by atoms with Crippen LogP contribution in [0.3, 0.4) is 0 Å².